The minimum atomic E-state index is 0.631. The van der Waals surface area contributed by atoms with E-state index in [1.807, 2.05) is 80.6 Å². The Labute approximate surface area is 603 Å². The van der Waals surface area contributed by atoms with Gasteiger partial charge in [-0.25, -0.2) is 24.9 Å². The number of rotatable bonds is 12. The first-order chi connectivity index (χ1) is 51.1. The summed E-state index contributed by atoms with van der Waals surface area (Å²) >= 11 is 0. The number of aromatic nitrogens is 9. The van der Waals surface area contributed by atoms with E-state index >= 15 is 0 Å². The largest absolute Gasteiger partial charge is 0.251 e. The highest BCUT2D eigenvalue weighted by molar-refractivity contribution is 6.10. The van der Waals surface area contributed by atoms with Gasteiger partial charge in [0.15, 0.2) is 23.3 Å². The highest BCUT2D eigenvalue weighted by atomic mass is 15.0. The molecule has 9 nitrogen and oxygen atoms in total. The highest BCUT2D eigenvalue weighted by Gasteiger charge is 2.18. The Balaban J connectivity index is 0.000000154. The van der Waals surface area contributed by atoms with E-state index in [1.54, 1.807) is 0 Å². The number of aryl methyl sites for hydroxylation is 4. The van der Waals surface area contributed by atoms with Gasteiger partial charge in [0.25, 0.3) is 0 Å². The van der Waals surface area contributed by atoms with Crippen LogP contribution in [0.3, 0.4) is 0 Å². The van der Waals surface area contributed by atoms with E-state index in [0.717, 1.165) is 161 Å². The fourth-order valence-corrected chi connectivity index (χ4v) is 13.8. The molecule has 18 rings (SSSR count). The number of benzene rings is 12. The number of hydrogen-bond acceptors (Lipinski definition) is 9. The molecule has 0 unspecified atom stereocenters. The summed E-state index contributed by atoms with van der Waals surface area (Å²) in [6.07, 6.45) is 0. The Hall–Kier alpha value is -13.6. The molecule has 0 saturated heterocycles. The van der Waals surface area contributed by atoms with Gasteiger partial charge in [0.2, 0.25) is 0 Å². The highest BCUT2D eigenvalue weighted by Crippen LogP contribution is 2.39. The molecule has 0 spiro atoms. The second kappa shape index (κ2) is 27.8. The molecule has 0 amide bonds. The third-order valence-electron chi connectivity index (χ3n) is 19.1. The van der Waals surface area contributed by atoms with Gasteiger partial charge in [-0.15, -0.1) is 0 Å². The van der Waals surface area contributed by atoms with Crippen LogP contribution in [0.25, 0.3) is 178 Å². The Kier molecular flexibility index (Phi) is 17.1. The molecule has 0 aliphatic rings. The second-order valence-corrected chi connectivity index (χ2v) is 26.3. The van der Waals surface area contributed by atoms with Crippen LogP contribution in [0.5, 0.6) is 0 Å². The summed E-state index contributed by atoms with van der Waals surface area (Å²) < 4.78 is 0. The lowest BCUT2D eigenvalue weighted by molar-refractivity contribution is 1.07. The molecule has 0 N–H and O–H groups in total. The molecule has 0 aliphatic carbocycles. The second-order valence-electron chi connectivity index (χ2n) is 26.3. The molecule has 0 aliphatic heterocycles. The van der Waals surface area contributed by atoms with Gasteiger partial charge in [-0.2, -0.15) is 0 Å². The quantitative estimate of drug-likeness (QED) is 0.110. The lowest BCUT2D eigenvalue weighted by Crippen LogP contribution is -2.00. The summed E-state index contributed by atoms with van der Waals surface area (Å²) in [7, 11) is 0. The van der Waals surface area contributed by atoms with Gasteiger partial charge in [0, 0.05) is 77.7 Å². The third kappa shape index (κ3) is 13.2. The zero-order valence-corrected chi connectivity index (χ0v) is 57.8. The maximum atomic E-state index is 5.10. The molecular weight excluding hydrogens is 1270 g/mol. The molecule has 104 heavy (non-hydrogen) atoms. The van der Waals surface area contributed by atoms with Crippen LogP contribution in [0.4, 0.5) is 0 Å². The minimum absolute atomic E-state index is 0.631. The average Bonchev–Trinajstić information content (AvgIpc) is 0.756. The molecule has 12 aromatic carbocycles. The van der Waals surface area contributed by atoms with E-state index in [1.165, 1.54) is 16.7 Å². The van der Waals surface area contributed by atoms with Crippen molar-refractivity contribution in [3.8, 4) is 135 Å². The predicted molar refractivity (Wildman–Crippen MR) is 427 cm³/mol. The Morgan fingerprint density at radius 2 is 0.433 bits per heavy atom. The van der Waals surface area contributed by atoms with E-state index < -0.39 is 0 Å². The van der Waals surface area contributed by atoms with Crippen LogP contribution in [0.15, 0.2) is 334 Å². The zero-order chi connectivity index (χ0) is 70.0. The number of fused-ring (bicyclic) bond motifs is 6. The summed E-state index contributed by atoms with van der Waals surface area (Å²) in [6.45, 7) is 8.16. The molecule has 0 fully saturated rings. The van der Waals surface area contributed by atoms with Crippen LogP contribution >= 0.6 is 0 Å². The topological polar surface area (TPSA) is 116 Å². The fourth-order valence-electron chi connectivity index (χ4n) is 13.8. The van der Waals surface area contributed by atoms with Crippen LogP contribution in [0.1, 0.15) is 22.8 Å². The van der Waals surface area contributed by atoms with Crippen LogP contribution in [-0.4, -0.2) is 44.9 Å². The Morgan fingerprint density at radius 3 is 0.827 bits per heavy atom. The van der Waals surface area contributed by atoms with Gasteiger partial charge in [-0.3, -0.25) is 19.9 Å². The summed E-state index contributed by atoms with van der Waals surface area (Å²) in [5.74, 6) is 2.60. The van der Waals surface area contributed by atoms with Crippen molar-refractivity contribution in [1.82, 2.24) is 44.9 Å². The van der Waals surface area contributed by atoms with Crippen LogP contribution < -0.4 is 0 Å². The summed E-state index contributed by atoms with van der Waals surface area (Å²) in [6, 6.07) is 116. The summed E-state index contributed by atoms with van der Waals surface area (Å²) in [4.78, 5) is 44.6. The van der Waals surface area contributed by atoms with Crippen molar-refractivity contribution in [2.24, 2.45) is 0 Å². The standard InChI is InChI=1S/C48H34N4.C47H33N5/c1-31-16-17-38-26-27-42-43(28-32(2)50-47(42)46(38)49-31)41-15-9-14-40(29-41)35-20-24-39(25-21-35)48-51-44(36-12-7-4-8-13-36)30-45(52-48)37-22-18-34(19-23-37)33-10-5-3-6-11-33;1-30-16-17-35-26-27-41-42(28-31(2)49-44(41)43(35)48-30)40-15-9-14-39(29-40)34-20-24-38(25-21-34)47-51-45(36-12-7-4-8-13-36)50-46(52-47)37-22-18-33(19-23-37)32-10-5-3-6-11-32/h3-30H,1-2H3;3-29H,1-2H3. The lowest BCUT2D eigenvalue weighted by atomic mass is 9.95. The average molecular weight is 1330 g/mol. The lowest BCUT2D eigenvalue weighted by Gasteiger charge is -2.12. The molecule has 6 aromatic heterocycles. The summed E-state index contributed by atoms with van der Waals surface area (Å²) in [5, 5.41) is 4.39. The van der Waals surface area contributed by atoms with Crippen molar-refractivity contribution in [3.05, 3.63) is 356 Å². The van der Waals surface area contributed by atoms with Crippen LogP contribution in [0, 0.1) is 27.7 Å². The van der Waals surface area contributed by atoms with E-state index in [9.17, 15) is 0 Å². The normalized spacial score (nSPS) is 11.3. The number of pyridine rings is 4. The first kappa shape index (κ1) is 63.8. The third-order valence-corrected chi connectivity index (χ3v) is 19.1. The SMILES string of the molecule is Cc1ccc2ccc3c(-c4cccc(-c5ccc(-c6nc(-c7ccccc7)cc(-c7ccc(-c8ccccc8)cc7)n6)cc5)c4)cc(C)nc3c2n1.Cc1ccc2ccc3c(-c4cccc(-c5ccc(-c6nc(-c7ccccc7)nc(-c7ccc(-c8ccccc8)cc7)n6)cc5)c4)cc(C)nc3c2n1. The molecule has 0 radical (unpaired) electrons. The Morgan fingerprint density at radius 1 is 0.163 bits per heavy atom. The van der Waals surface area contributed by atoms with Crippen molar-refractivity contribution in [2.75, 3.05) is 0 Å². The molecule has 6 heterocycles. The molecule has 492 valence electrons. The maximum Gasteiger partial charge on any atom is 0.164 e. The van der Waals surface area contributed by atoms with Crippen molar-refractivity contribution < 1.29 is 0 Å². The Bertz CT molecular complexity index is 5830. The fraction of sp³-hybridized carbons (Fsp3) is 0.0421. The molecule has 18 aromatic rings. The smallest absolute Gasteiger partial charge is 0.164 e. The molecule has 9 heteroatoms. The summed E-state index contributed by atoms with van der Waals surface area (Å²) in [5.41, 5.74) is 29.1. The number of nitrogens with zero attached hydrogens (tertiary/aromatic N) is 9. The van der Waals surface area contributed by atoms with Gasteiger partial charge in [0.1, 0.15) is 0 Å². The van der Waals surface area contributed by atoms with Gasteiger partial charge in [-0.1, -0.05) is 291 Å². The maximum absolute atomic E-state index is 5.10. The van der Waals surface area contributed by atoms with Crippen LogP contribution in [-0.2, 0) is 0 Å². The van der Waals surface area contributed by atoms with Crippen molar-refractivity contribution >= 4 is 43.6 Å². The minimum Gasteiger partial charge on any atom is -0.251 e. The van der Waals surface area contributed by atoms with Crippen molar-refractivity contribution in [2.45, 2.75) is 27.7 Å². The first-order valence-electron chi connectivity index (χ1n) is 35.0. The molecule has 0 atom stereocenters. The van der Waals surface area contributed by atoms with Gasteiger partial charge in [-0.05, 0) is 137 Å². The zero-order valence-electron chi connectivity index (χ0n) is 57.8. The van der Waals surface area contributed by atoms with Gasteiger partial charge in [0.05, 0.1) is 33.5 Å². The van der Waals surface area contributed by atoms with E-state index in [-0.39, 0.29) is 0 Å². The van der Waals surface area contributed by atoms with Crippen molar-refractivity contribution in [3.63, 3.8) is 0 Å². The molecule has 0 bridgehead atoms. The molecular formula is C95H67N9. The van der Waals surface area contributed by atoms with E-state index in [0.29, 0.717) is 23.3 Å². The number of hydrogen-bond donors (Lipinski definition) is 0. The predicted octanol–water partition coefficient (Wildman–Crippen LogP) is 23.8. The van der Waals surface area contributed by atoms with E-state index in [4.69, 9.17) is 44.9 Å². The van der Waals surface area contributed by atoms with Gasteiger partial charge < -0.3 is 0 Å². The first-order valence-corrected chi connectivity index (χ1v) is 35.0. The van der Waals surface area contributed by atoms with Crippen LogP contribution in [0.2, 0.25) is 0 Å². The van der Waals surface area contributed by atoms with Gasteiger partial charge >= 0.3 is 0 Å². The van der Waals surface area contributed by atoms with E-state index in [2.05, 4.69) is 281 Å². The monoisotopic (exact) mass is 1330 g/mol. The molecule has 0 saturated carbocycles. The van der Waals surface area contributed by atoms with Crippen molar-refractivity contribution in [1.29, 1.82) is 0 Å².